The number of carbonyl (C=O) groups is 1. The summed E-state index contributed by atoms with van der Waals surface area (Å²) in [6, 6.07) is 7.98. The minimum atomic E-state index is -0.878. The standard InChI is InChI=1S/C22H22N4O4S/c1-13-11-15(12-23-24-16-7-9-17(10-8-16)26(29)30)14(2)25(13)21-20(22(27)28)18-5-3-4-6-19(18)31-21/h7-12,24H,3-6H2,1-2H3,(H,27,28). The molecular weight excluding hydrogens is 416 g/mol. The summed E-state index contributed by atoms with van der Waals surface area (Å²) in [5.74, 6) is -0.878. The van der Waals surface area contributed by atoms with Gasteiger partial charge in [-0.25, -0.2) is 4.79 Å². The number of hydrazone groups is 1. The lowest BCUT2D eigenvalue weighted by molar-refractivity contribution is -0.384. The average molecular weight is 439 g/mol. The van der Waals surface area contributed by atoms with Crippen LogP contribution in [0.15, 0.2) is 35.4 Å². The highest BCUT2D eigenvalue weighted by Crippen LogP contribution is 2.38. The second-order valence-electron chi connectivity index (χ2n) is 7.53. The van der Waals surface area contributed by atoms with E-state index in [0.717, 1.165) is 53.2 Å². The maximum absolute atomic E-state index is 12.1. The zero-order chi connectivity index (χ0) is 22.1. The van der Waals surface area contributed by atoms with Crippen molar-refractivity contribution in [1.82, 2.24) is 4.57 Å². The number of nitro groups is 1. The Kier molecular flexibility index (Phi) is 5.60. The molecule has 0 saturated heterocycles. The number of fused-ring (bicyclic) bond motifs is 1. The second kappa shape index (κ2) is 8.35. The van der Waals surface area contributed by atoms with Gasteiger partial charge in [-0.2, -0.15) is 5.10 Å². The summed E-state index contributed by atoms with van der Waals surface area (Å²) in [4.78, 5) is 23.5. The van der Waals surface area contributed by atoms with Crippen LogP contribution in [0.4, 0.5) is 11.4 Å². The fourth-order valence-electron chi connectivity index (χ4n) is 3.99. The van der Waals surface area contributed by atoms with Crippen molar-refractivity contribution >= 4 is 34.9 Å². The Morgan fingerprint density at radius 2 is 1.97 bits per heavy atom. The van der Waals surface area contributed by atoms with Crippen LogP contribution < -0.4 is 5.43 Å². The molecule has 3 aromatic rings. The van der Waals surface area contributed by atoms with Gasteiger partial charge in [0.05, 0.1) is 22.4 Å². The molecule has 8 nitrogen and oxygen atoms in total. The molecule has 2 aromatic heterocycles. The largest absolute Gasteiger partial charge is 0.478 e. The Labute approximate surface area is 183 Å². The van der Waals surface area contributed by atoms with E-state index in [9.17, 15) is 20.0 Å². The van der Waals surface area contributed by atoms with E-state index in [4.69, 9.17) is 0 Å². The lowest BCUT2D eigenvalue weighted by Crippen LogP contribution is -2.09. The van der Waals surface area contributed by atoms with E-state index in [0.29, 0.717) is 11.3 Å². The van der Waals surface area contributed by atoms with Crippen molar-refractivity contribution in [2.24, 2.45) is 5.10 Å². The molecule has 2 heterocycles. The third-order valence-electron chi connectivity index (χ3n) is 5.52. The lowest BCUT2D eigenvalue weighted by Gasteiger charge is -2.11. The van der Waals surface area contributed by atoms with Gasteiger partial charge in [0.1, 0.15) is 5.00 Å². The van der Waals surface area contributed by atoms with Crippen molar-refractivity contribution in [2.75, 3.05) is 5.43 Å². The molecule has 0 radical (unpaired) electrons. The van der Waals surface area contributed by atoms with Crippen molar-refractivity contribution in [2.45, 2.75) is 39.5 Å². The Morgan fingerprint density at radius 1 is 1.26 bits per heavy atom. The normalized spacial score (nSPS) is 13.4. The van der Waals surface area contributed by atoms with Crippen LogP contribution in [0.3, 0.4) is 0 Å². The summed E-state index contributed by atoms with van der Waals surface area (Å²) < 4.78 is 2.00. The number of hydrogen-bond acceptors (Lipinski definition) is 6. The molecule has 9 heteroatoms. The summed E-state index contributed by atoms with van der Waals surface area (Å²) in [7, 11) is 0. The first-order valence-electron chi connectivity index (χ1n) is 9.97. The van der Waals surface area contributed by atoms with E-state index in [-0.39, 0.29) is 5.69 Å². The first kappa shape index (κ1) is 20.8. The lowest BCUT2D eigenvalue weighted by atomic mass is 9.95. The van der Waals surface area contributed by atoms with Gasteiger partial charge in [-0.05, 0) is 63.3 Å². The minimum Gasteiger partial charge on any atom is -0.478 e. The van der Waals surface area contributed by atoms with Gasteiger partial charge in [-0.1, -0.05) is 0 Å². The number of rotatable bonds is 6. The fraction of sp³-hybridized carbons (Fsp3) is 0.273. The monoisotopic (exact) mass is 438 g/mol. The second-order valence-corrected chi connectivity index (χ2v) is 8.62. The number of anilines is 1. The van der Waals surface area contributed by atoms with Crippen molar-refractivity contribution < 1.29 is 14.8 Å². The van der Waals surface area contributed by atoms with E-state index in [1.54, 1.807) is 29.7 Å². The van der Waals surface area contributed by atoms with Crippen molar-refractivity contribution in [3.63, 3.8) is 0 Å². The molecule has 0 amide bonds. The van der Waals surface area contributed by atoms with E-state index in [2.05, 4.69) is 10.5 Å². The molecule has 0 atom stereocenters. The van der Waals surface area contributed by atoms with Crippen LogP contribution in [0.2, 0.25) is 0 Å². The number of nitrogens with zero attached hydrogens (tertiary/aromatic N) is 3. The molecule has 160 valence electrons. The van der Waals surface area contributed by atoms with Crippen LogP contribution in [0.1, 0.15) is 50.6 Å². The van der Waals surface area contributed by atoms with Crippen LogP contribution in [0, 0.1) is 24.0 Å². The highest BCUT2D eigenvalue weighted by molar-refractivity contribution is 7.15. The smallest absolute Gasteiger partial charge is 0.339 e. The highest BCUT2D eigenvalue weighted by atomic mass is 32.1. The first-order valence-corrected chi connectivity index (χ1v) is 10.8. The number of thiophene rings is 1. The third-order valence-corrected chi connectivity index (χ3v) is 6.79. The first-order chi connectivity index (χ1) is 14.9. The summed E-state index contributed by atoms with van der Waals surface area (Å²) >= 11 is 1.58. The molecule has 1 aromatic carbocycles. The topological polar surface area (TPSA) is 110 Å². The molecule has 0 aliphatic heterocycles. The van der Waals surface area contributed by atoms with Crippen molar-refractivity contribution in [3.05, 3.63) is 73.4 Å². The van der Waals surface area contributed by atoms with Gasteiger partial charge in [0.2, 0.25) is 0 Å². The maximum Gasteiger partial charge on any atom is 0.339 e. The van der Waals surface area contributed by atoms with Crippen LogP contribution in [-0.2, 0) is 12.8 Å². The van der Waals surface area contributed by atoms with Crippen LogP contribution >= 0.6 is 11.3 Å². The van der Waals surface area contributed by atoms with Crippen LogP contribution in [-0.4, -0.2) is 26.8 Å². The molecule has 1 aliphatic rings. The molecule has 0 spiro atoms. The number of aromatic nitrogens is 1. The molecule has 0 bridgehead atoms. The average Bonchev–Trinajstić information content (AvgIpc) is 3.25. The van der Waals surface area contributed by atoms with Gasteiger partial charge in [0.15, 0.2) is 0 Å². The summed E-state index contributed by atoms with van der Waals surface area (Å²) in [6.45, 7) is 3.91. The van der Waals surface area contributed by atoms with Crippen molar-refractivity contribution in [1.29, 1.82) is 0 Å². The van der Waals surface area contributed by atoms with Gasteiger partial charge in [0.25, 0.3) is 5.69 Å². The summed E-state index contributed by atoms with van der Waals surface area (Å²) in [5.41, 5.74) is 7.66. The van der Waals surface area contributed by atoms with Crippen LogP contribution in [0.25, 0.3) is 5.00 Å². The SMILES string of the molecule is Cc1cc(C=NNc2ccc([N+](=O)[O-])cc2)c(C)n1-c1sc2c(c1C(=O)O)CCCC2. The molecule has 2 N–H and O–H groups in total. The molecule has 0 saturated carbocycles. The zero-order valence-electron chi connectivity index (χ0n) is 17.2. The van der Waals surface area contributed by atoms with Crippen LogP contribution in [0.5, 0.6) is 0 Å². The molecule has 0 unspecified atom stereocenters. The number of aryl methyl sites for hydroxylation is 2. The predicted molar refractivity (Wildman–Crippen MR) is 121 cm³/mol. The number of aromatic carboxylic acids is 1. The Balaban J connectivity index is 1.62. The molecule has 1 aliphatic carbocycles. The van der Waals surface area contributed by atoms with E-state index < -0.39 is 10.9 Å². The minimum absolute atomic E-state index is 0.0194. The third kappa shape index (κ3) is 3.96. The number of carboxylic acid groups (broad SMARTS) is 1. The van der Waals surface area contributed by atoms with Gasteiger partial charge < -0.3 is 9.67 Å². The molecule has 4 rings (SSSR count). The van der Waals surface area contributed by atoms with Gasteiger partial charge in [0, 0.05) is 34.0 Å². The zero-order valence-corrected chi connectivity index (χ0v) is 18.0. The quantitative estimate of drug-likeness (QED) is 0.317. The number of non-ortho nitro benzene ring substituents is 1. The van der Waals surface area contributed by atoms with Crippen molar-refractivity contribution in [3.8, 4) is 5.00 Å². The Hall–Kier alpha value is -3.46. The highest BCUT2D eigenvalue weighted by Gasteiger charge is 2.27. The molecule has 31 heavy (non-hydrogen) atoms. The number of nitrogens with one attached hydrogen (secondary N) is 1. The van der Waals surface area contributed by atoms with Gasteiger partial charge in [-0.15, -0.1) is 11.3 Å². The number of hydrogen-bond donors (Lipinski definition) is 2. The maximum atomic E-state index is 12.1. The van der Waals surface area contributed by atoms with Gasteiger partial charge in [-0.3, -0.25) is 15.5 Å². The van der Waals surface area contributed by atoms with E-state index in [1.807, 2.05) is 24.5 Å². The Morgan fingerprint density at radius 3 is 2.65 bits per heavy atom. The fourth-order valence-corrected chi connectivity index (χ4v) is 5.49. The van der Waals surface area contributed by atoms with E-state index >= 15 is 0 Å². The summed E-state index contributed by atoms with van der Waals surface area (Å²) in [5, 5.41) is 25.7. The summed E-state index contributed by atoms with van der Waals surface area (Å²) in [6.07, 6.45) is 5.56. The number of nitro benzene ring substituents is 1. The van der Waals surface area contributed by atoms with E-state index in [1.165, 1.54) is 17.0 Å². The number of benzene rings is 1. The predicted octanol–water partition coefficient (Wildman–Crippen LogP) is 5.09. The molecular formula is C22H22N4O4S. The Bertz CT molecular complexity index is 1190. The number of carboxylic acids is 1. The van der Waals surface area contributed by atoms with Gasteiger partial charge >= 0.3 is 5.97 Å². The molecule has 0 fully saturated rings.